The third-order valence-electron chi connectivity index (χ3n) is 1.77. The summed E-state index contributed by atoms with van der Waals surface area (Å²) in [5.41, 5.74) is 0. The van der Waals surface area contributed by atoms with Crippen LogP contribution in [0.4, 0.5) is 0 Å². The molecule has 2 rings (SSSR count). The quantitative estimate of drug-likeness (QED) is 0.596. The standard InChI is InChI=1S/C10H7BrO.K/c11-9-3-1-8-6-10(12)4-2-7(8)5-9;/h1-6,12H;/q;+1/p-1. The van der Waals surface area contributed by atoms with Crippen LogP contribution < -0.4 is 56.5 Å². The Hall–Kier alpha value is 0.616. The van der Waals surface area contributed by atoms with E-state index >= 15 is 0 Å². The van der Waals surface area contributed by atoms with Gasteiger partial charge in [-0.2, -0.15) is 0 Å². The van der Waals surface area contributed by atoms with Gasteiger partial charge in [0.1, 0.15) is 0 Å². The molecule has 3 heteroatoms. The maximum Gasteiger partial charge on any atom is 1.00 e. The first kappa shape index (κ1) is 11.7. The van der Waals surface area contributed by atoms with Crippen molar-refractivity contribution in [3.05, 3.63) is 40.9 Å². The average Bonchev–Trinajstić information content (AvgIpc) is 2.05. The molecular formula is C10H6BrKO. The summed E-state index contributed by atoms with van der Waals surface area (Å²) >= 11 is 3.37. The molecule has 13 heavy (non-hydrogen) atoms. The summed E-state index contributed by atoms with van der Waals surface area (Å²) in [4.78, 5) is 0. The van der Waals surface area contributed by atoms with E-state index in [-0.39, 0.29) is 57.1 Å². The van der Waals surface area contributed by atoms with Crippen LogP contribution in [0.25, 0.3) is 10.8 Å². The van der Waals surface area contributed by atoms with Crippen LogP contribution in [0.5, 0.6) is 5.75 Å². The maximum atomic E-state index is 11.0. The van der Waals surface area contributed by atoms with Crippen LogP contribution in [-0.4, -0.2) is 0 Å². The van der Waals surface area contributed by atoms with Crippen LogP contribution in [0.2, 0.25) is 0 Å². The minimum atomic E-state index is 0. The number of fused-ring (bicyclic) bond motifs is 1. The third-order valence-corrected chi connectivity index (χ3v) is 2.27. The molecule has 0 aromatic heterocycles. The van der Waals surface area contributed by atoms with Gasteiger partial charge in [0.15, 0.2) is 0 Å². The van der Waals surface area contributed by atoms with Gasteiger partial charge < -0.3 is 5.11 Å². The zero-order valence-electron chi connectivity index (χ0n) is 7.25. The molecule has 2 aromatic rings. The van der Waals surface area contributed by atoms with Crippen molar-refractivity contribution in [2.24, 2.45) is 0 Å². The van der Waals surface area contributed by atoms with E-state index in [2.05, 4.69) is 15.9 Å². The first-order chi connectivity index (χ1) is 5.75. The van der Waals surface area contributed by atoms with Crippen LogP contribution in [0.1, 0.15) is 0 Å². The van der Waals surface area contributed by atoms with Crippen molar-refractivity contribution in [2.75, 3.05) is 0 Å². The summed E-state index contributed by atoms with van der Waals surface area (Å²) in [5.74, 6) is 0.0600. The number of benzene rings is 2. The van der Waals surface area contributed by atoms with Gasteiger partial charge in [0.25, 0.3) is 0 Å². The Bertz CT molecular complexity index is 387. The van der Waals surface area contributed by atoms with E-state index in [0.29, 0.717) is 0 Å². The number of hydrogen-bond donors (Lipinski definition) is 0. The minimum absolute atomic E-state index is 0. The number of hydrogen-bond acceptors (Lipinski definition) is 1. The van der Waals surface area contributed by atoms with E-state index in [4.69, 9.17) is 0 Å². The largest absolute Gasteiger partial charge is 1.00 e. The van der Waals surface area contributed by atoms with Crippen LogP contribution in [-0.2, 0) is 0 Å². The second kappa shape index (κ2) is 4.91. The van der Waals surface area contributed by atoms with Gasteiger partial charge >= 0.3 is 51.4 Å². The predicted octanol–water partition coefficient (Wildman–Crippen LogP) is -0.320. The predicted molar refractivity (Wildman–Crippen MR) is 51.1 cm³/mol. The molecule has 0 heterocycles. The van der Waals surface area contributed by atoms with E-state index in [1.807, 2.05) is 24.3 Å². The summed E-state index contributed by atoms with van der Waals surface area (Å²) in [5, 5.41) is 13.0. The molecule has 0 saturated carbocycles. The topological polar surface area (TPSA) is 23.1 Å². The van der Waals surface area contributed by atoms with Gasteiger partial charge in [-0.3, -0.25) is 0 Å². The Labute approximate surface area is 128 Å². The molecule has 1 nitrogen and oxygen atoms in total. The number of halogens is 1. The van der Waals surface area contributed by atoms with Crippen LogP contribution in [0, 0.1) is 0 Å². The van der Waals surface area contributed by atoms with Gasteiger partial charge in [-0.1, -0.05) is 40.2 Å². The molecule has 0 spiro atoms. The molecule has 0 saturated heterocycles. The van der Waals surface area contributed by atoms with E-state index in [1.54, 1.807) is 12.1 Å². The van der Waals surface area contributed by atoms with E-state index in [0.717, 1.165) is 15.2 Å². The van der Waals surface area contributed by atoms with Crippen molar-refractivity contribution in [1.82, 2.24) is 0 Å². The second-order valence-corrected chi connectivity index (χ2v) is 3.57. The maximum absolute atomic E-state index is 11.0. The molecule has 0 radical (unpaired) electrons. The van der Waals surface area contributed by atoms with Crippen molar-refractivity contribution >= 4 is 26.7 Å². The molecule has 2 aromatic carbocycles. The average molecular weight is 261 g/mol. The third kappa shape index (κ3) is 2.78. The zero-order chi connectivity index (χ0) is 8.55. The van der Waals surface area contributed by atoms with Gasteiger partial charge in [0.2, 0.25) is 0 Å². The minimum Gasteiger partial charge on any atom is -0.872 e. The summed E-state index contributed by atoms with van der Waals surface area (Å²) in [6.07, 6.45) is 0. The molecule has 0 aliphatic rings. The van der Waals surface area contributed by atoms with Gasteiger partial charge in [-0.05, 0) is 22.9 Å². The zero-order valence-corrected chi connectivity index (χ0v) is 12.0. The van der Waals surface area contributed by atoms with Gasteiger partial charge in [-0.25, -0.2) is 0 Å². The molecule has 0 aliphatic carbocycles. The van der Waals surface area contributed by atoms with Crippen molar-refractivity contribution in [1.29, 1.82) is 0 Å². The van der Waals surface area contributed by atoms with Crippen LogP contribution >= 0.6 is 15.9 Å². The first-order valence-corrected chi connectivity index (χ1v) is 4.41. The molecule has 0 fully saturated rings. The summed E-state index contributed by atoms with van der Waals surface area (Å²) in [6, 6.07) is 10.9. The molecule has 60 valence electrons. The Kier molecular flexibility index (Phi) is 4.42. The number of rotatable bonds is 0. The fraction of sp³-hybridized carbons (Fsp3) is 0. The smallest absolute Gasteiger partial charge is 0.872 e. The van der Waals surface area contributed by atoms with Gasteiger partial charge in [0.05, 0.1) is 0 Å². The first-order valence-electron chi connectivity index (χ1n) is 3.62. The van der Waals surface area contributed by atoms with Crippen molar-refractivity contribution in [3.8, 4) is 5.75 Å². The Balaban J connectivity index is 0.000000845. The molecule has 0 unspecified atom stereocenters. The van der Waals surface area contributed by atoms with Crippen molar-refractivity contribution in [2.45, 2.75) is 0 Å². The van der Waals surface area contributed by atoms with Crippen molar-refractivity contribution < 1.29 is 56.5 Å². The Morgan fingerprint density at radius 1 is 0.923 bits per heavy atom. The summed E-state index contributed by atoms with van der Waals surface area (Å²) in [7, 11) is 0. The van der Waals surface area contributed by atoms with E-state index in [1.165, 1.54) is 0 Å². The van der Waals surface area contributed by atoms with Crippen LogP contribution in [0.15, 0.2) is 40.9 Å². The van der Waals surface area contributed by atoms with Crippen LogP contribution in [0.3, 0.4) is 0 Å². The molecule has 0 N–H and O–H groups in total. The van der Waals surface area contributed by atoms with Gasteiger partial charge in [0, 0.05) is 4.47 Å². The second-order valence-electron chi connectivity index (χ2n) is 2.65. The van der Waals surface area contributed by atoms with E-state index in [9.17, 15) is 5.11 Å². The molecule has 0 bridgehead atoms. The van der Waals surface area contributed by atoms with Crippen molar-refractivity contribution in [3.63, 3.8) is 0 Å². The molecule has 0 aliphatic heterocycles. The Morgan fingerprint density at radius 3 is 2.31 bits per heavy atom. The van der Waals surface area contributed by atoms with Gasteiger partial charge in [-0.15, -0.1) is 5.75 Å². The normalized spacial score (nSPS) is 9.62. The fourth-order valence-corrected chi connectivity index (χ4v) is 1.57. The van der Waals surface area contributed by atoms with E-state index < -0.39 is 0 Å². The Morgan fingerprint density at radius 2 is 1.54 bits per heavy atom. The summed E-state index contributed by atoms with van der Waals surface area (Å²) in [6.45, 7) is 0. The summed E-state index contributed by atoms with van der Waals surface area (Å²) < 4.78 is 1.04. The molecular weight excluding hydrogens is 255 g/mol. The fourth-order valence-electron chi connectivity index (χ4n) is 1.19. The molecule has 0 atom stereocenters. The molecule has 0 amide bonds. The monoisotopic (exact) mass is 260 g/mol. The SMILES string of the molecule is [K+].[O-]c1ccc2cc(Br)ccc2c1.